The number of hydrogen-bond acceptors (Lipinski definition) is 5. The molecule has 3 rings (SSSR count). The second-order valence-corrected chi connectivity index (χ2v) is 8.44. The van der Waals surface area contributed by atoms with Crippen molar-refractivity contribution in [1.29, 1.82) is 0 Å². The summed E-state index contributed by atoms with van der Waals surface area (Å²) in [6.07, 6.45) is 1.63. The van der Waals surface area contributed by atoms with Crippen LogP contribution in [0.3, 0.4) is 0 Å². The molecule has 7 heteroatoms. The van der Waals surface area contributed by atoms with Gasteiger partial charge >= 0.3 is 0 Å². The largest absolute Gasteiger partial charge is 0.472 e. The van der Waals surface area contributed by atoms with Gasteiger partial charge in [-0.2, -0.15) is 0 Å². The monoisotopic (exact) mass is 449 g/mol. The van der Waals surface area contributed by atoms with Gasteiger partial charge in [0.15, 0.2) is 0 Å². The van der Waals surface area contributed by atoms with E-state index in [0.717, 1.165) is 5.56 Å². The number of carbonyl (C=O) groups excluding carboxylic acids is 2. The van der Waals surface area contributed by atoms with E-state index in [-0.39, 0.29) is 42.4 Å². The molecule has 1 aromatic carbocycles. The van der Waals surface area contributed by atoms with Gasteiger partial charge in [-0.3, -0.25) is 9.59 Å². The summed E-state index contributed by atoms with van der Waals surface area (Å²) in [5, 5.41) is 9.77. The van der Waals surface area contributed by atoms with Crippen molar-refractivity contribution in [2.24, 2.45) is 5.92 Å². The second kappa shape index (κ2) is 11.0. The number of pyridine rings is 1. The Morgan fingerprint density at radius 3 is 2.67 bits per heavy atom. The van der Waals surface area contributed by atoms with E-state index < -0.39 is 0 Å². The molecule has 2 amide bonds. The number of rotatable bonds is 5. The van der Waals surface area contributed by atoms with Gasteiger partial charge in [0.05, 0.1) is 19.2 Å². The normalized spacial score (nSPS) is 18.7. The number of aliphatic hydroxyl groups is 1. The number of nitrogens with zero attached hydrogens (tertiary/aromatic N) is 3. The van der Waals surface area contributed by atoms with Gasteiger partial charge in [-0.25, -0.2) is 4.98 Å². The summed E-state index contributed by atoms with van der Waals surface area (Å²) in [6.45, 7) is 6.21. The topological polar surface area (TPSA) is 83.0 Å². The third kappa shape index (κ3) is 5.91. The number of hydrogen-bond donors (Lipinski definition) is 1. The Hall–Kier alpha value is -3.37. The smallest absolute Gasteiger partial charge is 0.259 e. The highest BCUT2D eigenvalue weighted by Gasteiger charge is 2.34. The fourth-order valence-electron chi connectivity index (χ4n) is 3.70. The molecule has 1 aliphatic heterocycles. The number of benzene rings is 1. The average Bonchev–Trinajstić information content (AvgIpc) is 2.84. The van der Waals surface area contributed by atoms with Gasteiger partial charge in [0, 0.05) is 43.3 Å². The van der Waals surface area contributed by atoms with Crippen LogP contribution in [0.4, 0.5) is 0 Å². The van der Waals surface area contributed by atoms with Crippen molar-refractivity contribution in [2.45, 2.75) is 39.3 Å². The lowest BCUT2D eigenvalue weighted by molar-refractivity contribution is -0.131. The molecule has 0 bridgehead atoms. The Kier molecular flexibility index (Phi) is 8.07. The van der Waals surface area contributed by atoms with Crippen molar-refractivity contribution >= 4 is 11.8 Å². The van der Waals surface area contributed by atoms with Gasteiger partial charge in [-0.15, -0.1) is 0 Å². The van der Waals surface area contributed by atoms with E-state index in [0.29, 0.717) is 30.6 Å². The summed E-state index contributed by atoms with van der Waals surface area (Å²) < 4.78 is 6.20. The van der Waals surface area contributed by atoms with Crippen LogP contribution >= 0.6 is 0 Å². The summed E-state index contributed by atoms with van der Waals surface area (Å²) >= 11 is 0. The van der Waals surface area contributed by atoms with Gasteiger partial charge in [0.2, 0.25) is 11.8 Å². The molecule has 1 aromatic heterocycles. The predicted octanol–water partition coefficient (Wildman–Crippen LogP) is 2.57. The van der Waals surface area contributed by atoms with Crippen molar-refractivity contribution < 1.29 is 19.4 Å². The summed E-state index contributed by atoms with van der Waals surface area (Å²) in [4.78, 5) is 33.3. The van der Waals surface area contributed by atoms with Gasteiger partial charge in [0.1, 0.15) is 11.7 Å². The Balaban J connectivity index is 1.98. The fraction of sp³-hybridized carbons (Fsp3) is 0.423. The third-order valence-corrected chi connectivity index (χ3v) is 5.83. The van der Waals surface area contributed by atoms with Crippen LogP contribution in [0.2, 0.25) is 0 Å². The molecule has 0 fully saturated rings. The van der Waals surface area contributed by atoms with Gasteiger partial charge in [0.25, 0.3) is 5.91 Å². The number of likely N-dealkylation sites (N-methyl/N-ethyl adjacent to an activating group) is 1. The van der Waals surface area contributed by atoms with Crippen molar-refractivity contribution in [3.8, 4) is 17.7 Å². The number of amides is 2. The van der Waals surface area contributed by atoms with Crippen molar-refractivity contribution in [3.05, 3.63) is 59.3 Å². The van der Waals surface area contributed by atoms with Crippen molar-refractivity contribution in [2.75, 3.05) is 26.7 Å². The second-order valence-electron chi connectivity index (χ2n) is 8.44. The van der Waals surface area contributed by atoms with Crippen LogP contribution in [0.25, 0.3) is 0 Å². The van der Waals surface area contributed by atoms with E-state index >= 15 is 0 Å². The van der Waals surface area contributed by atoms with Crippen molar-refractivity contribution in [1.82, 2.24) is 14.8 Å². The molecule has 0 saturated heterocycles. The first-order chi connectivity index (χ1) is 15.8. The Bertz CT molecular complexity index is 1040. The molecule has 33 heavy (non-hydrogen) atoms. The molecule has 0 saturated carbocycles. The molecular weight excluding hydrogens is 418 g/mol. The molecule has 0 aliphatic carbocycles. The molecule has 2 aromatic rings. The minimum Gasteiger partial charge on any atom is -0.472 e. The maximum atomic E-state index is 13.4. The standard InChI is InChI=1S/C26H31N3O4/c1-5-24(31)28(4)16-23-18(2)15-29(19(3)17-30)26(32)22-13-21(14-27-25(22)33-23)12-11-20-9-7-6-8-10-20/h6-10,13-14,18-19,23,30H,5,15-17H2,1-4H3/t18-,19-,23-/m0/s1. The number of carbonyl (C=O) groups is 2. The molecule has 0 unspecified atom stereocenters. The van der Waals surface area contributed by atoms with E-state index in [1.807, 2.05) is 44.2 Å². The van der Waals surface area contributed by atoms with Crippen LogP contribution in [0.5, 0.6) is 5.88 Å². The average molecular weight is 450 g/mol. The number of aliphatic hydroxyl groups excluding tert-OH is 1. The van der Waals surface area contributed by atoms with E-state index in [4.69, 9.17) is 4.74 Å². The molecule has 0 radical (unpaired) electrons. The SMILES string of the molecule is CCC(=O)N(C)C[C@@H]1Oc2ncc(C#Cc3ccccc3)cc2C(=O)N([C@@H](C)CO)C[C@@H]1C. The summed E-state index contributed by atoms with van der Waals surface area (Å²) in [7, 11) is 1.75. The van der Waals surface area contributed by atoms with Crippen LogP contribution in [0, 0.1) is 17.8 Å². The predicted molar refractivity (Wildman–Crippen MR) is 126 cm³/mol. The lowest BCUT2D eigenvalue weighted by Gasteiger charge is -2.37. The quantitative estimate of drug-likeness (QED) is 0.710. The summed E-state index contributed by atoms with van der Waals surface area (Å²) in [6, 6.07) is 10.9. The first-order valence-corrected chi connectivity index (χ1v) is 11.2. The zero-order valence-electron chi connectivity index (χ0n) is 19.6. The lowest BCUT2D eigenvalue weighted by atomic mass is 9.99. The fourth-order valence-corrected chi connectivity index (χ4v) is 3.70. The zero-order valence-corrected chi connectivity index (χ0v) is 19.6. The summed E-state index contributed by atoms with van der Waals surface area (Å²) in [5.74, 6) is 6.03. The molecule has 0 spiro atoms. The highest BCUT2D eigenvalue weighted by atomic mass is 16.5. The number of aromatic nitrogens is 1. The minimum atomic E-state index is -0.374. The van der Waals surface area contributed by atoms with Crippen LogP contribution in [0.1, 0.15) is 48.7 Å². The molecule has 7 nitrogen and oxygen atoms in total. The van der Waals surface area contributed by atoms with Gasteiger partial charge in [-0.1, -0.05) is 43.9 Å². The van der Waals surface area contributed by atoms with Crippen LogP contribution in [-0.2, 0) is 4.79 Å². The summed E-state index contributed by atoms with van der Waals surface area (Å²) in [5.41, 5.74) is 1.76. The Morgan fingerprint density at radius 2 is 2.00 bits per heavy atom. The highest BCUT2D eigenvalue weighted by molar-refractivity contribution is 5.97. The van der Waals surface area contributed by atoms with Crippen LogP contribution < -0.4 is 4.74 Å². The minimum absolute atomic E-state index is 0.0178. The third-order valence-electron chi connectivity index (χ3n) is 5.83. The number of ether oxygens (including phenoxy) is 1. The van der Waals surface area contributed by atoms with E-state index in [9.17, 15) is 14.7 Å². The number of fused-ring (bicyclic) bond motifs is 1. The van der Waals surface area contributed by atoms with E-state index in [2.05, 4.69) is 16.8 Å². The maximum absolute atomic E-state index is 13.4. The maximum Gasteiger partial charge on any atom is 0.259 e. The lowest BCUT2D eigenvalue weighted by Crippen LogP contribution is -2.50. The Labute approximate surface area is 195 Å². The van der Waals surface area contributed by atoms with E-state index in [1.165, 1.54) is 0 Å². The van der Waals surface area contributed by atoms with Crippen LogP contribution in [-0.4, -0.2) is 70.6 Å². The first kappa shape index (κ1) is 24.3. The zero-order chi connectivity index (χ0) is 24.0. The van der Waals surface area contributed by atoms with Gasteiger partial charge in [-0.05, 0) is 25.1 Å². The molecule has 3 atom stereocenters. The first-order valence-electron chi connectivity index (χ1n) is 11.2. The Morgan fingerprint density at radius 1 is 1.30 bits per heavy atom. The molecule has 174 valence electrons. The molecule has 1 N–H and O–H groups in total. The molecular formula is C26H31N3O4. The molecule has 1 aliphatic rings. The van der Waals surface area contributed by atoms with Crippen molar-refractivity contribution in [3.63, 3.8) is 0 Å². The molecule has 2 heterocycles. The van der Waals surface area contributed by atoms with Crippen LogP contribution in [0.15, 0.2) is 42.6 Å². The van der Waals surface area contributed by atoms with Gasteiger partial charge < -0.3 is 19.6 Å². The highest BCUT2D eigenvalue weighted by Crippen LogP contribution is 2.27. The van der Waals surface area contributed by atoms with E-state index in [1.54, 1.807) is 36.0 Å².